The molecule has 2 fully saturated rings. The van der Waals surface area contributed by atoms with E-state index in [9.17, 15) is 9.59 Å². The van der Waals surface area contributed by atoms with Gasteiger partial charge < -0.3 is 61.6 Å². The number of hydrogen-bond donors (Lipinski definition) is 0. The third kappa shape index (κ3) is 66.7. The Hall–Kier alpha value is -7.92. The highest BCUT2D eigenvalue weighted by Gasteiger charge is 2.24. The van der Waals surface area contributed by atoms with Gasteiger partial charge in [0.15, 0.2) is 25.2 Å². The van der Waals surface area contributed by atoms with Crippen molar-refractivity contribution in [2.24, 2.45) is 11.8 Å². The molecular weight excluding hydrogens is 1750 g/mol. The van der Waals surface area contributed by atoms with E-state index >= 15 is 0 Å². The fourth-order valence-electron chi connectivity index (χ4n) is 13.8. The van der Waals surface area contributed by atoms with Crippen LogP contribution >= 0.6 is 0 Å². The maximum absolute atomic E-state index is 11.8. The molecule has 0 spiro atoms. The Morgan fingerprint density at radius 3 is 0.830 bits per heavy atom. The smallest absolute Gasteiger partial charge is 0.465 e. The van der Waals surface area contributed by atoms with E-state index in [1.807, 2.05) is 121 Å². The van der Waals surface area contributed by atoms with E-state index in [-0.39, 0.29) is 141 Å². The standard InChI is InChI=1S/C20H32O2.C18H28O2.C15H22O3.C15H22O2.2C15H24O2.C14H22O2.14CH4/c1-4-16(3)18-11-13-19(14-12-18)22-20(5-2)21-15-17-9-7-6-8-10-17;1-4-14(2)16-10-12-18(13-11-16)20-15(3)19-17-8-6-5-7-9-17;1-6-11(2)12-7-9-13(10-8-12)17-14(16)18-15(3,4)5;1-6-11(2)12-7-9-13(10-8-12)14(16)17-15(3,4)5;1-6-12(4)13-7-9-14(10-8-13)17-15(16-5)11(2)3;1-5-12(4)13-8-10-14(11-9-13)17-15(6-2)16-7-3;1-5-11(3)13-7-9-14(10-8-13)16-12(4)15-6-2;;;;;;;;;;;;;;/h11-14,16-17,20H,4-10,15H2,1-3H3;10-15,17H,4-9H2,1-3H3;7-11H,6H2,1-5H3;7-11H,6H2,1-5H3;7-12,15H,6H2,1-5H3;8-12,15H,5-7H2,1-4H3;7-12H,5-6H2,1-4H3;14*1H4. The fourth-order valence-corrected chi connectivity index (χ4v) is 13.8. The van der Waals surface area contributed by atoms with Crippen LogP contribution in [0.4, 0.5) is 4.79 Å². The number of carbonyl (C=O) groups is 2. The molecule has 0 aliphatic heterocycles. The van der Waals surface area contributed by atoms with Crippen molar-refractivity contribution in [3.05, 3.63) is 214 Å². The van der Waals surface area contributed by atoms with Crippen molar-refractivity contribution >= 4 is 12.1 Å². The molecule has 0 bridgehead atoms. The first-order chi connectivity index (χ1) is 60.5. The van der Waals surface area contributed by atoms with Crippen LogP contribution in [-0.2, 0) is 33.2 Å². The third-order valence-corrected chi connectivity index (χ3v) is 23.5. The molecule has 0 saturated heterocycles. The SMILES string of the molecule is C.C.C.C.C.C.C.C.C.C.C.C.C.C.CCC(C)c1ccc(C(=O)OC(C)(C)C)cc1.CCC(C)c1ccc(OC(=O)OC(C)(C)C)cc1.CCC(C)c1ccc(OC(C)OC2CCCCC2)cc1.CCC(C)c1ccc(OC(OC)C(C)C)cc1.CCC(OCC1CCCCC1)Oc1ccc(C(C)CC)cc1.CCOC(C)Oc1ccc(C(C)CC)cc1.CCOC(CC)Oc1ccc(C(C)CC)cc1. The van der Waals surface area contributed by atoms with Gasteiger partial charge in [0.05, 0.1) is 18.3 Å². The monoisotopic (exact) mass is 1980 g/mol. The van der Waals surface area contributed by atoms with Gasteiger partial charge in [-0.1, -0.05) is 352 Å². The number of methoxy groups -OCH3 is 1. The first-order valence-electron chi connectivity index (χ1n) is 48.7. The Kier molecular flexibility index (Phi) is 99.5. The molecule has 141 heavy (non-hydrogen) atoms. The first kappa shape index (κ1) is 158. The second-order valence-electron chi connectivity index (χ2n) is 36.7. The van der Waals surface area contributed by atoms with Crippen molar-refractivity contribution in [3.8, 4) is 34.5 Å². The number of benzene rings is 7. The van der Waals surface area contributed by atoms with Crippen LogP contribution < -0.4 is 28.4 Å². The van der Waals surface area contributed by atoms with E-state index < -0.39 is 17.4 Å². The predicted molar refractivity (Wildman–Crippen MR) is 622 cm³/mol. The summed E-state index contributed by atoms with van der Waals surface area (Å²) in [4.78, 5) is 23.2. The highest BCUT2D eigenvalue weighted by Crippen LogP contribution is 2.32. The van der Waals surface area contributed by atoms with E-state index in [0.717, 1.165) is 86.2 Å². The van der Waals surface area contributed by atoms with Crippen molar-refractivity contribution in [2.75, 3.05) is 26.9 Å². The summed E-state index contributed by atoms with van der Waals surface area (Å²) in [6, 6.07) is 57.1. The van der Waals surface area contributed by atoms with Gasteiger partial charge >= 0.3 is 12.1 Å². The van der Waals surface area contributed by atoms with Gasteiger partial charge in [0, 0.05) is 39.1 Å². The zero-order valence-electron chi connectivity index (χ0n) is 84.5. The number of rotatable bonds is 39. The molecule has 7 aromatic carbocycles. The van der Waals surface area contributed by atoms with E-state index in [1.165, 1.54) is 116 Å². The molecule has 0 heterocycles. The molecule has 12 unspecified atom stereocenters. The molecule has 2 aliphatic carbocycles. The molecule has 7 aromatic rings. The van der Waals surface area contributed by atoms with Gasteiger partial charge in [0.25, 0.3) is 0 Å². The van der Waals surface area contributed by atoms with Crippen LogP contribution in [-0.4, -0.2) is 87.8 Å². The molecule has 824 valence electrons. The number of carbonyl (C=O) groups excluding carboxylic acids is 2. The third-order valence-electron chi connectivity index (χ3n) is 23.5. The molecule has 0 aromatic heterocycles. The number of esters is 1. The van der Waals surface area contributed by atoms with Crippen LogP contribution in [0.1, 0.15) is 511 Å². The molecule has 0 N–H and O–H groups in total. The minimum absolute atomic E-state index is 0. The second-order valence-corrected chi connectivity index (χ2v) is 36.7. The van der Waals surface area contributed by atoms with Gasteiger partial charge in [0.1, 0.15) is 45.7 Å². The Labute approximate surface area is 875 Å². The van der Waals surface area contributed by atoms with Crippen molar-refractivity contribution < 1.29 is 71.2 Å². The molecule has 2 saturated carbocycles. The Bertz CT molecular complexity index is 3900. The predicted octanol–water partition coefficient (Wildman–Crippen LogP) is 41.3. The number of hydrogen-bond acceptors (Lipinski definition) is 15. The zero-order valence-corrected chi connectivity index (χ0v) is 84.5. The second kappa shape index (κ2) is 88.6. The van der Waals surface area contributed by atoms with Gasteiger partial charge in [-0.05, 0) is 311 Å². The van der Waals surface area contributed by atoms with Crippen LogP contribution in [0, 0.1) is 11.8 Å². The molecular formula is C126H230O15. The molecule has 0 radical (unpaired) electrons. The van der Waals surface area contributed by atoms with E-state index in [1.54, 1.807) is 40.0 Å². The van der Waals surface area contributed by atoms with E-state index in [4.69, 9.17) is 61.6 Å². The Balaban J connectivity index is -0.000000136. The highest BCUT2D eigenvalue weighted by atomic mass is 16.7. The van der Waals surface area contributed by atoms with Gasteiger partial charge in [-0.3, -0.25) is 0 Å². The molecule has 9 rings (SSSR count). The fraction of sp³-hybridized carbons (Fsp3) is 0.651. The summed E-state index contributed by atoms with van der Waals surface area (Å²) >= 11 is 0. The quantitative estimate of drug-likeness (QED) is 0.0204. The van der Waals surface area contributed by atoms with Crippen LogP contribution in [0.25, 0.3) is 0 Å². The topological polar surface area (TPSA) is 154 Å². The van der Waals surface area contributed by atoms with E-state index in [0.29, 0.717) is 78.0 Å². The summed E-state index contributed by atoms with van der Waals surface area (Å²) in [7, 11) is 1.68. The van der Waals surface area contributed by atoms with Crippen LogP contribution in [0.5, 0.6) is 34.5 Å². The molecule has 15 heteroatoms. The number of ether oxygens (including phenoxy) is 13. The van der Waals surface area contributed by atoms with Crippen molar-refractivity contribution in [3.63, 3.8) is 0 Å². The average molecular weight is 1990 g/mol. The molecule has 12 atom stereocenters. The summed E-state index contributed by atoms with van der Waals surface area (Å²) in [5, 5.41) is 0. The van der Waals surface area contributed by atoms with Crippen LogP contribution in [0.2, 0.25) is 0 Å². The summed E-state index contributed by atoms with van der Waals surface area (Å²) in [6.07, 6.45) is 21.8. The van der Waals surface area contributed by atoms with Gasteiger partial charge in [0.2, 0.25) is 6.29 Å². The van der Waals surface area contributed by atoms with Crippen LogP contribution in [0.15, 0.2) is 170 Å². The minimum Gasteiger partial charge on any atom is -0.465 e. The summed E-state index contributed by atoms with van der Waals surface area (Å²) < 4.78 is 72.5. The lowest BCUT2D eigenvalue weighted by Crippen LogP contribution is -2.26. The highest BCUT2D eigenvalue weighted by molar-refractivity contribution is 5.89. The largest absolute Gasteiger partial charge is 0.514 e. The van der Waals surface area contributed by atoms with Gasteiger partial charge in [-0.25, -0.2) is 9.59 Å². The normalized spacial score (nSPS) is 14.1. The molecule has 2 aliphatic rings. The van der Waals surface area contributed by atoms with Crippen molar-refractivity contribution in [1.29, 1.82) is 0 Å². The van der Waals surface area contributed by atoms with Crippen LogP contribution in [0.3, 0.4) is 0 Å². The Morgan fingerprint density at radius 2 is 0.560 bits per heavy atom. The summed E-state index contributed by atoms with van der Waals surface area (Å²) in [5.41, 5.74) is 8.99. The van der Waals surface area contributed by atoms with Crippen molar-refractivity contribution in [2.45, 2.75) is 510 Å². The summed E-state index contributed by atoms with van der Waals surface area (Å²) in [5.74, 6) is 9.87. The van der Waals surface area contributed by atoms with Gasteiger partial charge in [-0.15, -0.1) is 0 Å². The maximum Gasteiger partial charge on any atom is 0.514 e. The lowest BCUT2D eigenvalue weighted by molar-refractivity contribution is -0.116. The first-order valence-corrected chi connectivity index (χ1v) is 48.7. The maximum atomic E-state index is 11.8. The lowest BCUT2D eigenvalue weighted by atomic mass is 9.90. The zero-order chi connectivity index (χ0) is 94.4. The summed E-state index contributed by atoms with van der Waals surface area (Å²) in [6.45, 7) is 60.4. The Morgan fingerprint density at radius 1 is 0.298 bits per heavy atom. The minimum atomic E-state index is -0.668. The lowest BCUT2D eigenvalue weighted by Gasteiger charge is -2.26. The van der Waals surface area contributed by atoms with E-state index in [2.05, 4.69) is 210 Å². The molecule has 0 amide bonds. The molecule has 15 nitrogen and oxygen atoms in total. The average Bonchev–Trinajstić information content (AvgIpc) is 0.841. The van der Waals surface area contributed by atoms with Gasteiger partial charge in [-0.2, -0.15) is 0 Å². The van der Waals surface area contributed by atoms with Crippen molar-refractivity contribution in [1.82, 2.24) is 0 Å².